The summed E-state index contributed by atoms with van der Waals surface area (Å²) >= 11 is 6.20. The summed E-state index contributed by atoms with van der Waals surface area (Å²) in [5.41, 5.74) is 2.51. The molecule has 1 unspecified atom stereocenters. The molecule has 0 saturated carbocycles. The second kappa shape index (κ2) is 9.89. The summed E-state index contributed by atoms with van der Waals surface area (Å²) in [6.45, 7) is -0.468. The monoisotopic (exact) mass is 471 g/mol. The van der Waals surface area contributed by atoms with E-state index < -0.39 is 30.6 Å². The Morgan fingerprint density at radius 3 is 2.61 bits per heavy atom. The predicted octanol–water partition coefficient (Wildman–Crippen LogP) is 5.12. The van der Waals surface area contributed by atoms with E-state index >= 15 is 0 Å². The molecule has 7 nitrogen and oxygen atoms in total. The highest BCUT2D eigenvalue weighted by Crippen LogP contribution is 2.43. The second-order valence-electron chi connectivity index (χ2n) is 7.30. The zero-order chi connectivity index (χ0) is 23.4. The van der Waals surface area contributed by atoms with E-state index in [1.807, 2.05) is 30.3 Å². The van der Waals surface area contributed by atoms with E-state index in [4.69, 9.17) is 31.0 Å². The van der Waals surface area contributed by atoms with Crippen LogP contribution in [0.2, 0.25) is 5.02 Å². The van der Waals surface area contributed by atoms with Crippen molar-refractivity contribution in [2.24, 2.45) is 0 Å². The largest absolute Gasteiger partial charge is 0.528 e. The highest BCUT2D eigenvalue weighted by atomic mass is 35.5. The number of benzene rings is 3. The van der Waals surface area contributed by atoms with E-state index in [-0.39, 0.29) is 18.9 Å². The fraction of sp³-hybridized carbons (Fsp3) is 0.167. The topological polar surface area (TPSA) is 85.3 Å². The lowest BCUT2D eigenvalue weighted by molar-refractivity contribution is -0.147. The van der Waals surface area contributed by atoms with E-state index in [1.54, 1.807) is 18.2 Å². The average Bonchev–Trinajstić information content (AvgIpc) is 3.13. The number of hydroxylamine groups is 2. The number of halogens is 2. The lowest BCUT2D eigenvalue weighted by Gasteiger charge is -2.25. The third-order valence-corrected chi connectivity index (χ3v) is 5.26. The number of nitrogens with zero attached hydrogens (tertiary/aromatic N) is 1. The zero-order valence-electron chi connectivity index (χ0n) is 17.2. The number of ether oxygens (including phenoxy) is 2. The summed E-state index contributed by atoms with van der Waals surface area (Å²) in [6, 6.07) is 17.3. The highest BCUT2D eigenvalue weighted by molar-refractivity contribution is 6.30. The maximum Gasteiger partial charge on any atom is 0.528 e. The van der Waals surface area contributed by atoms with Crippen molar-refractivity contribution in [1.29, 1.82) is 0 Å². The molecule has 33 heavy (non-hydrogen) atoms. The van der Waals surface area contributed by atoms with E-state index in [1.165, 1.54) is 23.3 Å². The molecule has 3 aromatic carbocycles. The summed E-state index contributed by atoms with van der Waals surface area (Å²) in [6.07, 6.45) is -0.938. The molecular weight excluding hydrogens is 453 g/mol. The number of hydrogen-bond acceptors (Lipinski definition) is 6. The van der Waals surface area contributed by atoms with Gasteiger partial charge in [0.1, 0.15) is 24.2 Å². The van der Waals surface area contributed by atoms with E-state index in [2.05, 4.69) is 0 Å². The Morgan fingerprint density at radius 1 is 1.06 bits per heavy atom. The molecule has 0 saturated heterocycles. The second-order valence-corrected chi connectivity index (χ2v) is 7.74. The van der Waals surface area contributed by atoms with Crippen LogP contribution in [-0.2, 0) is 27.5 Å². The standard InChI is InChI=1S/C24H19ClFNO6/c25-17-6-9-21(31-14-22(28)29)20(11-17)23-19-8-7-18(26)10-16(19)12-27(23)33-24(30)32-13-15-4-2-1-3-5-15/h1-11,23H,12-14H2,(H,28,29). The van der Waals surface area contributed by atoms with Crippen molar-refractivity contribution in [3.05, 3.63) is 99.8 Å². The third-order valence-electron chi connectivity index (χ3n) is 5.02. The summed E-state index contributed by atoms with van der Waals surface area (Å²) in [7, 11) is 0. The van der Waals surface area contributed by atoms with Crippen LogP contribution in [0.4, 0.5) is 9.18 Å². The van der Waals surface area contributed by atoms with Crippen LogP contribution in [0, 0.1) is 5.82 Å². The van der Waals surface area contributed by atoms with Crippen molar-refractivity contribution in [3.63, 3.8) is 0 Å². The highest BCUT2D eigenvalue weighted by Gasteiger charge is 2.37. The molecule has 0 aliphatic carbocycles. The molecule has 0 amide bonds. The van der Waals surface area contributed by atoms with Crippen LogP contribution in [0.3, 0.4) is 0 Å². The first-order valence-corrected chi connectivity index (χ1v) is 10.4. The fourth-order valence-corrected chi connectivity index (χ4v) is 3.82. The first-order chi connectivity index (χ1) is 15.9. The SMILES string of the molecule is O=C(O)COc1ccc(Cl)cc1C1c2ccc(F)cc2CN1OC(=O)OCc1ccccc1. The van der Waals surface area contributed by atoms with Gasteiger partial charge in [-0.25, -0.2) is 14.0 Å². The maximum atomic E-state index is 13.9. The molecule has 0 radical (unpaired) electrons. The van der Waals surface area contributed by atoms with Crippen molar-refractivity contribution in [2.75, 3.05) is 6.61 Å². The molecule has 1 aliphatic heterocycles. The van der Waals surface area contributed by atoms with E-state index in [0.29, 0.717) is 21.7 Å². The van der Waals surface area contributed by atoms with Gasteiger partial charge in [0.05, 0.1) is 6.54 Å². The number of carbonyl (C=O) groups is 2. The quantitative estimate of drug-likeness (QED) is 0.479. The van der Waals surface area contributed by atoms with Crippen LogP contribution in [-0.4, -0.2) is 28.9 Å². The molecule has 9 heteroatoms. The number of aliphatic carboxylic acids is 1. The first-order valence-electron chi connectivity index (χ1n) is 9.98. The Kier molecular flexibility index (Phi) is 6.76. The normalized spacial score (nSPS) is 15.0. The van der Waals surface area contributed by atoms with Crippen LogP contribution >= 0.6 is 11.6 Å². The molecule has 3 aromatic rings. The van der Waals surface area contributed by atoms with E-state index in [9.17, 15) is 14.0 Å². The molecule has 170 valence electrons. The number of rotatable bonds is 7. The van der Waals surface area contributed by atoms with Gasteiger partial charge in [-0.3, -0.25) is 0 Å². The van der Waals surface area contributed by atoms with Crippen LogP contribution in [0.25, 0.3) is 0 Å². The molecule has 1 atom stereocenters. The van der Waals surface area contributed by atoms with Crippen molar-refractivity contribution in [3.8, 4) is 5.75 Å². The van der Waals surface area contributed by atoms with Gasteiger partial charge in [-0.15, -0.1) is 5.06 Å². The third kappa shape index (κ3) is 5.42. The Balaban J connectivity index is 1.61. The lowest BCUT2D eigenvalue weighted by atomic mass is 9.97. The molecule has 4 rings (SSSR count). The summed E-state index contributed by atoms with van der Waals surface area (Å²) in [5.74, 6) is -1.34. The Bertz CT molecular complexity index is 1170. The van der Waals surface area contributed by atoms with E-state index in [0.717, 1.165) is 5.56 Å². The van der Waals surface area contributed by atoms with Gasteiger partial charge in [0.25, 0.3) is 0 Å². The fourth-order valence-electron chi connectivity index (χ4n) is 3.64. The molecule has 1 aliphatic rings. The van der Waals surface area contributed by atoms with Gasteiger partial charge in [-0.05, 0) is 47.0 Å². The van der Waals surface area contributed by atoms with Gasteiger partial charge < -0.3 is 19.4 Å². The van der Waals surface area contributed by atoms with Crippen molar-refractivity contribution < 1.29 is 33.4 Å². The Hall–Kier alpha value is -3.62. The number of fused-ring (bicyclic) bond motifs is 1. The molecule has 0 fully saturated rings. The summed E-state index contributed by atoms with van der Waals surface area (Å²) in [5, 5.41) is 10.7. The molecule has 0 spiro atoms. The Morgan fingerprint density at radius 2 is 1.85 bits per heavy atom. The minimum atomic E-state index is -1.15. The molecule has 1 N–H and O–H groups in total. The minimum Gasteiger partial charge on any atom is -0.482 e. The zero-order valence-corrected chi connectivity index (χ0v) is 18.0. The average molecular weight is 472 g/mol. The number of carboxylic acids is 1. The molecule has 0 bridgehead atoms. The van der Waals surface area contributed by atoms with Crippen molar-refractivity contribution in [2.45, 2.75) is 19.2 Å². The number of hydrogen-bond donors (Lipinski definition) is 1. The Labute approximate surface area is 193 Å². The van der Waals surface area contributed by atoms with Gasteiger partial charge in [0.2, 0.25) is 0 Å². The first kappa shape index (κ1) is 22.6. The van der Waals surface area contributed by atoms with Gasteiger partial charge >= 0.3 is 12.1 Å². The van der Waals surface area contributed by atoms with Crippen LogP contribution in [0.1, 0.15) is 28.3 Å². The van der Waals surface area contributed by atoms with Gasteiger partial charge in [-0.1, -0.05) is 48.0 Å². The molecular formula is C24H19ClFNO6. The summed E-state index contributed by atoms with van der Waals surface area (Å²) < 4.78 is 24.5. The lowest BCUT2D eigenvalue weighted by Crippen LogP contribution is -2.28. The summed E-state index contributed by atoms with van der Waals surface area (Å²) in [4.78, 5) is 28.9. The number of carboxylic acid groups (broad SMARTS) is 1. The minimum absolute atomic E-state index is 0.0178. The van der Waals surface area contributed by atoms with Crippen LogP contribution in [0.5, 0.6) is 5.75 Å². The van der Waals surface area contributed by atoms with Crippen LogP contribution in [0.15, 0.2) is 66.7 Å². The van der Waals surface area contributed by atoms with Crippen molar-refractivity contribution in [1.82, 2.24) is 5.06 Å². The van der Waals surface area contributed by atoms with Crippen molar-refractivity contribution >= 4 is 23.7 Å². The maximum absolute atomic E-state index is 13.9. The van der Waals surface area contributed by atoms with Gasteiger partial charge in [0.15, 0.2) is 6.61 Å². The van der Waals surface area contributed by atoms with Crippen LogP contribution < -0.4 is 4.74 Å². The predicted molar refractivity (Wildman–Crippen MR) is 116 cm³/mol. The van der Waals surface area contributed by atoms with Gasteiger partial charge in [0, 0.05) is 10.6 Å². The van der Waals surface area contributed by atoms with Gasteiger partial charge in [-0.2, -0.15) is 0 Å². The number of carbonyl (C=O) groups excluding carboxylic acids is 1. The smallest absolute Gasteiger partial charge is 0.482 e. The molecule has 0 aromatic heterocycles. The molecule has 1 heterocycles.